The minimum absolute atomic E-state index is 0.0228. The number of nitrogens with zero attached hydrogens (tertiary/aromatic N) is 1. The molecule has 6 heteroatoms. The molecule has 2 N–H and O–H groups in total. The van der Waals surface area contributed by atoms with Crippen molar-refractivity contribution in [3.8, 4) is 0 Å². The van der Waals surface area contributed by atoms with E-state index in [0.29, 0.717) is 12.5 Å². The van der Waals surface area contributed by atoms with Crippen LogP contribution in [0.15, 0.2) is 24.3 Å². The van der Waals surface area contributed by atoms with Crippen LogP contribution in [-0.2, 0) is 14.4 Å². The van der Waals surface area contributed by atoms with Crippen LogP contribution < -0.4 is 15.5 Å². The highest BCUT2D eigenvalue weighted by Crippen LogP contribution is 2.33. The smallest absolute Gasteiger partial charge is 0.227 e. The van der Waals surface area contributed by atoms with Gasteiger partial charge in [-0.2, -0.15) is 0 Å². The summed E-state index contributed by atoms with van der Waals surface area (Å²) in [6.07, 6.45) is 2.31. The molecule has 154 valence electrons. The Hall–Kier alpha value is -2.37. The van der Waals surface area contributed by atoms with E-state index in [9.17, 15) is 14.4 Å². The monoisotopic (exact) mass is 387 g/mol. The largest absolute Gasteiger partial charge is 0.355 e. The first-order valence-corrected chi connectivity index (χ1v) is 10.3. The third-order valence-electron chi connectivity index (χ3n) is 5.54. The summed E-state index contributed by atoms with van der Waals surface area (Å²) in [5, 5.41) is 5.69. The van der Waals surface area contributed by atoms with Crippen LogP contribution in [0.4, 0.5) is 5.69 Å². The summed E-state index contributed by atoms with van der Waals surface area (Å²) in [5.74, 6) is -0.282. The van der Waals surface area contributed by atoms with Gasteiger partial charge in [0.25, 0.3) is 0 Å². The quantitative estimate of drug-likeness (QED) is 0.684. The van der Waals surface area contributed by atoms with E-state index in [-0.39, 0.29) is 49.1 Å². The van der Waals surface area contributed by atoms with Crippen LogP contribution in [0, 0.1) is 5.92 Å². The molecule has 3 amide bonds. The average molecular weight is 388 g/mol. The SMILES string of the molecule is CCC(C)NC(=O)CCNC(=O)C1CC(=O)N(c2ccccc2C(C)CC)C1. The first kappa shape index (κ1) is 21.9. The lowest BCUT2D eigenvalue weighted by Gasteiger charge is -2.23. The van der Waals surface area contributed by atoms with E-state index >= 15 is 0 Å². The fraction of sp³-hybridized carbons (Fsp3) is 0.591. The summed E-state index contributed by atoms with van der Waals surface area (Å²) < 4.78 is 0. The standard InChI is InChI=1S/C22H33N3O3/c1-5-15(3)18-9-7-8-10-19(18)25-14-17(13-21(25)27)22(28)23-12-11-20(26)24-16(4)6-2/h7-10,15-17H,5-6,11-14H2,1-4H3,(H,23,28)(H,24,26). The first-order valence-electron chi connectivity index (χ1n) is 10.3. The maximum Gasteiger partial charge on any atom is 0.227 e. The summed E-state index contributed by atoms with van der Waals surface area (Å²) in [6, 6.07) is 8.06. The molecule has 1 aromatic carbocycles. The molecule has 1 fully saturated rings. The maximum absolute atomic E-state index is 12.6. The Morgan fingerprint density at radius 1 is 1.18 bits per heavy atom. The van der Waals surface area contributed by atoms with Crippen LogP contribution in [0.5, 0.6) is 0 Å². The number of hydrogen-bond donors (Lipinski definition) is 2. The molecule has 0 aromatic heterocycles. The van der Waals surface area contributed by atoms with Gasteiger partial charge in [0.05, 0.1) is 5.92 Å². The van der Waals surface area contributed by atoms with Gasteiger partial charge in [0.2, 0.25) is 17.7 Å². The molecule has 3 atom stereocenters. The summed E-state index contributed by atoms with van der Waals surface area (Å²) in [4.78, 5) is 38.6. The predicted octanol–water partition coefficient (Wildman–Crippen LogP) is 2.97. The van der Waals surface area contributed by atoms with Gasteiger partial charge in [-0.15, -0.1) is 0 Å². The fourth-order valence-corrected chi connectivity index (χ4v) is 3.38. The number of hydrogen-bond acceptors (Lipinski definition) is 3. The highest BCUT2D eigenvalue weighted by atomic mass is 16.2. The Balaban J connectivity index is 1.92. The predicted molar refractivity (Wildman–Crippen MR) is 111 cm³/mol. The van der Waals surface area contributed by atoms with Crippen molar-refractivity contribution < 1.29 is 14.4 Å². The minimum atomic E-state index is -0.380. The zero-order valence-electron chi connectivity index (χ0n) is 17.5. The van der Waals surface area contributed by atoms with Gasteiger partial charge in [-0.05, 0) is 37.3 Å². The summed E-state index contributed by atoms with van der Waals surface area (Å²) in [6.45, 7) is 8.91. The summed E-state index contributed by atoms with van der Waals surface area (Å²) in [7, 11) is 0. The fourth-order valence-electron chi connectivity index (χ4n) is 3.38. The molecule has 1 heterocycles. The van der Waals surface area contributed by atoms with Crippen LogP contribution in [-0.4, -0.2) is 36.9 Å². The van der Waals surface area contributed by atoms with Crippen molar-refractivity contribution >= 4 is 23.4 Å². The van der Waals surface area contributed by atoms with Gasteiger partial charge in [-0.3, -0.25) is 14.4 Å². The maximum atomic E-state index is 12.6. The van der Waals surface area contributed by atoms with E-state index in [1.165, 1.54) is 0 Å². The van der Waals surface area contributed by atoms with Crippen molar-refractivity contribution in [2.75, 3.05) is 18.0 Å². The third kappa shape index (κ3) is 5.57. The number of para-hydroxylation sites is 1. The van der Waals surface area contributed by atoms with E-state index in [1.54, 1.807) is 4.90 Å². The second-order valence-corrected chi connectivity index (χ2v) is 7.69. The molecule has 0 radical (unpaired) electrons. The van der Waals surface area contributed by atoms with Crippen molar-refractivity contribution in [1.82, 2.24) is 10.6 Å². The molecule has 0 aliphatic carbocycles. The Kier molecular flexibility index (Phi) is 8.03. The van der Waals surface area contributed by atoms with Gasteiger partial charge < -0.3 is 15.5 Å². The highest BCUT2D eigenvalue weighted by molar-refractivity contribution is 6.01. The molecule has 0 bridgehead atoms. The average Bonchev–Trinajstić information content (AvgIpc) is 3.08. The van der Waals surface area contributed by atoms with Crippen LogP contribution in [0.1, 0.15) is 64.9 Å². The topological polar surface area (TPSA) is 78.5 Å². The zero-order chi connectivity index (χ0) is 20.7. The van der Waals surface area contributed by atoms with Crippen molar-refractivity contribution in [1.29, 1.82) is 0 Å². The van der Waals surface area contributed by atoms with Crippen LogP contribution >= 0.6 is 0 Å². The molecule has 0 saturated carbocycles. The number of carbonyl (C=O) groups excluding carboxylic acids is 3. The van der Waals surface area contributed by atoms with Crippen LogP contribution in [0.3, 0.4) is 0 Å². The van der Waals surface area contributed by atoms with Crippen molar-refractivity contribution in [2.45, 2.75) is 65.3 Å². The Morgan fingerprint density at radius 2 is 1.89 bits per heavy atom. The van der Waals surface area contributed by atoms with Gasteiger partial charge in [0.1, 0.15) is 0 Å². The van der Waals surface area contributed by atoms with Gasteiger partial charge in [0.15, 0.2) is 0 Å². The van der Waals surface area contributed by atoms with E-state index in [2.05, 4.69) is 30.5 Å². The van der Waals surface area contributed by atoms with E-state index < -0.39 is 0 Å². The Bertz CT molecular complexity index is 704. The number of nitrogens with one attached hydrogen (secondary N) is 2. The van der Waals surface area contributed by atoms with Gasteiger partial charge in [0, 0.05) is 37.7 Å². The van der Waals surface area contributed by atoms with Crippen LogP contribution in [0.2, 0.25) is 0 Å². The summed E-state index contributed by atoms with van der Waals surface area (Å²) in [5.41, 5.74) is 2.05. The number of benzene rings is 1. The molecule has 28 heavy (non-hydrogen) atoms. The Labute approximate surface area is 168 Å². The van der Waals surface area contributed by atoms with Crippen molar-refractivity contribution in [3.63, 3.8) is 0 Å². The lowest BCUT2D eigenvalue weighted by molar-refractivity contribution is -0.126. The number of anilines is 1. The molecule has 1 aromatic rings. The minimum Gasteiger partial charge on any atom is -0.355 e. The first-order chi connectivity index (χ1) is 13.4. The summed E-state index contributed by atoms with van der Waals surface area (Å²) >= 11 is 0. The van der Waals surface area contributed by atoms with Crippen molar-refractivity contribution in [2.24, 2.45) is 5.92 Å². The molecule has 3 unspecified atom stereocenters. The van der Waals surface area contributed by atoms with Crippen LogP contribution in [0.25, 0.3) is 0 Å². The van der Waals surface area contributed by atoms with Gasteiger partial charge in [-0.25, -0.2) is 0 Å². The second kappa shape index (κ2) is 10.2. The molecule has 6 nitrogen and oxygen atoms in total. The molecular formula is C22H33N3O3. The van der Waals surface area contributed by atoms with Gasteiger partial charge in [-0.1, -0.05) is 39.0 Å². The molecule has 2 rings (SSSR count). The highest BCUT2D eigenvalue weighted by Gasteiger charge is 2.36. The van der Waals surface area contributed by atoms with E-state index in [4.69, 9.17) is 0 Å². The molecule has 0 spiro atoms. The van der Waals surface area contributed by atoms with E-state index in [1.807, 2.05) is 32.0 Å². The number of rotatable bonds is 9. The third-order valence-corrected chi connectivity index (χ3v) is 5.54. The lowest BCUT2D eigenvalue weighted by atomic mass is 9.96. The second-order valence-electron chi connectivity index (χ2n) is 7.69. The number of carbonyl (C=O) groups is 3. The number of amides is 3. The van der Waals surface area contributed by atoms with Crippen molar-refractivity contribution in [3.05, 3.63) is 29.8 Å². The Morgan fingerprint density at radius 3 is 2.57 bits per heavy atom. The van der Waals surface area contributed by atoms with Gasteiger partial charge >= 0.3 is 0 Å². The molecule has 1 saturated heterocycles. The lowest BCUT2D eigenvalue weighted by Crippen LogP contribution is -2.37. The zero-order valence-corrected chi connectivity index (χ0v) is 17.5. The normalized spacial score (nSPS) is 18.6. The molecular weight excluding hydrogens is 354 g/mol. The molecule has 1 aliphatic rings. The molecule has 1 aliphatic heterocycles. The van der Waals surface area contributed by atoms with E-state index in [0.717, 1.165) is 24.1 Å².